The maximum absolute atomic E-state index is 13.8. The molecule has 0 atom stereocenters. The predicted octanol–water partition coefficient (Wildman–Crippen LogP) is 7.37. The van der Waals surface area contributed by atoms with Gasteiger partial charge in [-0.15, -0.1) is 0 Å². The number of aromatic nitrogens is 2. The lowest BCUT2D eigenvalue weighted by Gasteiger charge is -2.15. The van der Waals surface area contributed by atoms with E-state index in [1.807, 2.05) is 0 Å². The lowest BCUT2D eigenvalue weighted by atomic mass is 10.1. The molecular formula is C31H22Br2ClN3O6. The Morgan fingerprint density at radius 1 is 0.907 bits per heavy atom. The minimum absolute atomic E-state index is 0.197. The van der Waals surface area contributed by atoms with Crippen molar-refractivity contribution in [3.8, 4) is 34.4 Å². The third-order valence-corrected chi connectivity index (χ3v) is 7.60. The molecule has 0 saturated heterocycles. The standard InChI is InChI=1S/C31H22Br2ClN3O6/c1-40-25-13-18(14-26(41-2)28(25)42-3)29-36-24-7-5-4-6-22(24)30(38)37(29)35-16-19-12-20(32)15-23(33)27(19)43-31(39)17-8-10-21(34)11-9-17/h4-16H,1-3H3. The van der Waals surface area contributed by atoms with E-state index in [4.69, 9.17) is 35.5 Å². The number of fused-ring (bicyclic) bond motifs is 1. The molecule has 1 aromatic heterocycles. The molecule has 0 radical (unpaired) electrons. The van der Waals surface area contributed by atoms with Crippen LogP contribution in [-0.4, -0.2) is 43.2 Å². The first-order valence-electron chi connectivity index (χ1n) is 12.6. The van der Waals surface area contributed by atoms with Crippen molar-refractivity contribution in [2.75, 3.05) is 21.3 Å². The Bertz CT molecular complexity index is 1920. The van der Waals surface area contributed by atoms with Gasteiger partial charge in [0.15, 0.2) is 23.1 Å². The highest BCUT2D eigenvalue weighted by Crippen LogP contribution is 2.41. The molecule has 0 aliphatic rings. The number of nitrogens with zero attached hydrogens (tertiary/aromatic N) is 3. The predicted molar refractivity (Wildman–Crippen MR) is 172 cm³/mol. The molecule has 0 aliphatic carbocycles. The van der Waals surface area contributed by atoms with Crippen LogP contribution >= 0.6 is 43.5 Å². The Morgan fingerprint density at radius 2 is 1.58 bits per heavy atom. The Morgan fingerprint density at radius 3 is 2.23 bits per heavy atom. The number of hydrogen-bond acceptors (Lipinski definition) is 8. The van der Waals surface area contributed by atoms with Crippen molar-refractivity contribution < 1.29 is 23.7 Å². The second-order valence-electron chi connectivity index (χ2n) is 8.93. The van der Waals surface area contributed by atoms with Gasteiger partial charge in [0.25, 0.3) is 5.56 Å². The Labute approximate surface area is 267 Å². The molecular weight excluding hydrogens is 706 g/mol. The van der Waals surface area contributed by atoms with Gasteiger partial charge < -0.3 is 18.9 Å². The summed E-state index contributed by atoms with van der Waals surface area (Å²) in [6, 6.07) is 20.1. The number of carbonyl (C=O) groups is 1. The molecule has 0 bridgehead atoms. The monoisotopic (exact) mass is 725 g/mol. The Hall–Kier alpha value is -4.19. The van der Waals surface area contributed by atoms with Crippen molar-refractivity contribution in [1.82, 2.24) is 9.66 Å². The number of ether oxygens (including phenoxy) is 4. The molecule has 0 unspecified atom stereocenters. The highest BCUT2D eigenvalue weighted by atomic mass is 79.9. The summed E-state index contributed by atoms with van der Waals surface area (Å²) < 4.78 is 24.6. The second kappa shape index (κ2) is 13.0. The van der Waals surface area contributed by atoms with Gasteiger partial charge in [-0.05, 0) is 76.6 Å². The SMILES string of the molecule is COc1cc(-c2nc3ccccc3c(=O)n2N=Cc2cc(Br)cc(Br)c2OC(=O)c2ccc(Cl)cc2)cc(OC)c1OC. The molecule has 0 N–H and O–H groups in total. The van der Waals surface area contributed by atoms with Gasteiger partial charge in [0.2, 0.25) is 5.75 Å². The van der Waals surface area contributed by atoms with Crippen molar-refractivity contribution in [2.45, 2.75) is 0 Å². The van der Waals surface area contributed by atoms with Crippen LogP contribution in [0.4, 0.5) is 0 Å². The van der Waals surface area contributed by atoms with E-state index in [1.54, 1.807) is 72.8 Å². The average molecular weight is 728 g/mol. The summed E-state index contributed by atoms with van der Waals surface area (Å²) >= 11 is 12.9. The number of benzene rings is 4. The number of methoxy groups -OCH3 is 3. The summed E-state index contributed by atoms with van der Waals surface area (Å²) in [6.45, 7) is 0. The summed E-state index contributed by atoms with van der Waals surface area (Å²) in [6.07, 6.45) is 1.42. The number of hydrogen-bond donors (Lipinski definition) is 0. The van der Waals surface area contributed by atoms with Crippen LogP contribution in [0.5, 0.6) is 23.0 Å². The van der Waals surface area contributed by atoms with Gasteiger partial charge in [-0.1, -0.05) is 39.7 Å². The molecule has 0 saturated carbocycles. The van der Waals surface area contributed by atoms with Crippen LogP contribution < -0.4 is 24.5 Å². The van der Waals surface area contributed by atoms with E-state index >= 15 is 0 Å². The maximum Gasteiger partial charge on any atom is 0.343 e. The minimum atomic E-state index is -0.600. The molecule has 1 heterocycles. The van der Waals surface area contributed by atoms with Crippen LogP contribution in [0.25, 0.3) is 22.3 Å². The van der Waals surface area contributed by atoms with Gasteiger partial charge in [0.1, 0.15) is 0 Å². The van der Waals surface area contributed by atoms with Crippen LogP contribution in [0.2, 0.25) is 5.02 Å². The van der Waals surface area contributed by atoms with E-state index in [-0.39, 0.29) is 11.6 Å². The Balaban J connectivity index is 1.67. The molecule has 9 nitrogen and oxygen atoms in total. The van der Waals surface area contributed by atoms with Crippen LogP contribution in [0.1, 0.15) is 15.9 Å². The summed E-state index contributed by atoms with van der Waals surface area (Å²) in [4.78, 5) is 31.5. The number of para-hydroxylation sites is 1. The number of carbonyl (C=O) groups excluding carboxylic acids is 1. The molecule has 43 heavy (non-hydrogen) atoms. The molecule has 5 aromatic rings. The number of esters is 1. The van der Waals surface area contributed by atoms with Gasteiger partial charge in [-0.3, -0.25) is 4.79 Å². The lowest BCUT2D eigenvalue weighted by molar-refractivity contribution is 0.0733. The van der Waals surface area contributed by atoms with E-state index in [0.717, 1.165) is 0 Å². The highest BCUT2D eigenvalue weighted by molar-refractivity contribution is 9.11. The number of halogens is 3. The van der Waals surface area contributed by atoms with Crippen molar-refractivity contribution >= 4 is 66.5 Å². The molecule has 0 spiro atoms. The van der Waals surface area contributed by atoms with Crippen LogP contribution in [0.3, 0.4) is 0 Å². The fourth-order valence-corrected chi connectivity index (χ4v) is 5.73. The second-order valence-corrected chi connectivity index (χ2v) is 11.1. The molecule has 4 aromatic carbocycles. The van der Waals surface area contributed by atoms with E-state index in [0.29, 0.717) is 58.8 Å². The molecule has 0 aliphatic heterocycles. The number of rotatable bonds is 8. The topological polar surface area (TPSA) is 101 Å². The summed E-state index contributed by atoms with van der Waals surface area (Å²) in [5.74, 6) is 0.954. The van der Waals surface area contributed by atoms with Gasteiger partial charge in [0, 0.05) is 20.6 Å². The fraction of sp³-hybridized carbons (Fsp3) is 0.0968. The van der Waals surface area contributed by atoms with E-state index in [1.165, 1.54) is 32.2 Å². The largest absolute Gasteiger partial charge is 0.493 e. The third-order valence-electron chi connectivity index (χ3n) is 6.30. The fourth-order valence-electron chi connectivity index (χ4n) is 4.27. The maximum atomic E-state index is 13.8. The zero-order valence-electron chi connectivity index (χ0n) is 22.9. The van der Waals surface area contributed by atoms with Gasteiger partial charge in [-0.25, -0.2) is 9.78 Å². The van der Waals surface area contributed by atoms with Crippen molar-refractivity contribution in [1.29, 1.82) is 0 Å². The van der Waals surface area contributed by atoms with Crippen LogP contribution in [0.15, 0.2) is 91.6 Å². The first-order valence-corrected chi connectivity index (χ1v) is 14.5. The minimum Gasteiger partial charge on any atom is -0.493 e. The average Bonchev–Trinajstić information content (AvgIpc) is 3.01. The molecule has 0 amide bonds. The molecule has 0 fully saturated rings. The Kier molecular flexibility index (Phi) is 9.14. The van der Waals surface area contributed by atoms with Crippen molar-refractivity contribution in [2.24, 2.45) is 5.10 Å². The highest BCUT2D eigenvalue weighted by Gasteiger charge is 2.20. The smallest absolute Gasteiger partial charge is 0.343 e. The van der Waals surface area contributed by atoms with E-state index in [9.17, 15) is 9.59 Å². The first kappa shape index (κ1) is 30.3. The van der Waals surface area contributed by atoms with E-state index < -0.39 is 11.5 Å². The molecule has 5 rings (SSSR count). The normalized spacial score (nSPS) is 11.1. The van der Waals surface area contributed by atoms with Gasteiger partial charge >= 0.3 is 5.97 Å². The van der Waals surface area contributed by atoms with Gasteiger partial charge in [-0.2, -0.15) is 9.78 Å². The van der Waals surface area contributed by atoms with Crippen LogP contribution in [0, 0.1) is 0 Å². The van der Waals surface area contributed by atoms with Crippen LogP contribution in [-0.2, 0) is 0 Å². The quantitative estimate of drug-likeness (QED) is 0.0935. The summed E-state index contributed by atoms with van der Waals surface area (Å²) in [7, 11) is 4.50. The van der Waals surface area contributed by atoms with Crippen molar-refractivity contribution in [3.63, 3.8) is 0 Å². The van der Waals surface area contributed by atoms with E-state index in [2.05, 4.69) is 37.0 Å². The van der Waals surface area contributed by atoms with Crippen molar-refractivity contribution in [3.05, 3.63) is 108 Å². The molecule has 218 valence electrons. The summed E-state index contributed by atoms with van der Waals surface area (Å²) in [5.41, 5.74) is 1.25. The third kappa shape index (κ3) is 6.29. The lowest BCUT2D eigenvalue weighted by Crippen LogP contribution is -2.20. The zero-order valence-corrected chi connectivity index (χ0v) is 26.9. The van der Waals surface area contributed by atoms with Gasteiger partial charge in [0.05, 0.1) is 48.5 Å². The zero-order chi connectivity index (χ0) is 30.7. The summed E-state index contributed by atoms with van der Waals surface area (Å²) in [5, 5.41) is 5.40. The molecule has 12 heteroatoms. The first-order chi connectivity index (χ1) is 20.7.